The second kappa shape index (κ2) is 5.99. The fourth-order valence-corrected chi connectivity index (χ4v) is 2.05. The van der Waals surface area contributed by atoms with Crippen LogP contribution in [0.1, 0.15) is 6.92 Å². The van der Waals surface area contributed by atoms with Crippen LogP contribution >= 0.6 is 11.8 Å². The molecular weight excluding hydrogens is 267 g/mol. The Morgan fingerprint density at radius 2 is 2.06 bits per heavy atom. The quantitative estimate of drug-likeness (QED) is 0.833. The van der Waals surface area contributed by atoms with E-state index in [9.17, 15) is 23.1 Å². The van der Waals surface area contributed by atoms with Crippen molar-refractivity contribution in [1.29, 1.82) is 0 Å². The molecule has 1 rings (SSSR count). The van der Waals surface area contributed by atoms with Gasteiger partial charge in [-0.3, -0.25) is 4.79 Å². The molecule has 1 aromatic carbocycles. The zero-order valence-corrected chi connectivity index (χ0v) is 10.3. The van der Waals surface area contributed by atoms with Crippen molar-refractivity contribution in [3.05, 3.63) is 24.3 Å². The van der Waals surface area contributed by atoms with Gasteiger partial charge in [0.15, 0.2) is 0 Å². The topological polar surface area (TPSA) is 49.3 Å². The van der Waals surface area contributed by atoms with Crippen molar-refractivity contribution in [2.45, 2.75) is 23.2 Å². The minimum atomic E-state index is -4.42. The van der Waals surface area contributed by atoms with Crippen molar-refractivity contribution in [1.82, 2.24) is 5.32 Å². The van der Waals surface area contributed by atoms with E-state index in [-0.39, 0.29) is 5.75 Å². The molecule has 2 N–H and O–H groups in total. The van der Waals surface area contributed by atoms with Crippen LogP contribution in [0.5, 0.6) is 5.75 Å². The van der Waals surface area contributed by atoms with Crippen LogP contribution in [0.4, 0.5) is 13.2 Å². The molecule has 0 aliphatic rings. The third-order valence-electron chi connectivity index (χ3n) is 2.00. The first kappa shape index (κ1) is 14.7. The van der Waals surface area contributed by atoms with Crippen molar-refractivity contribution in [2.75, 3.05) is 6.54 Å². The van der Waals surface area contributed by atoms with E-state index in [0.717, 1.165) is 11.8 Å². The number of aromatic hydroxyl groups is 1. The Morgan fingerprint density at radius 1 is 1.44 bits per heavy atom. The van der Waals surface area contributed by atoms with Gasteiger partial charge in [0.1, 0.15) is 12.3 Å². The largest absolute Gasteiger partial charge is 0.507 e. The number of thioether (sulfide) groups is 1. The second-order valence-corrected chi connectivity index (χ2v) is 4.94. The molecule has 1 amide bonds. The molecule has 0 bridgehead atoms. The maximum Gasteiger partial charge on any atom is 0.405 e. The van der Waals surface area contributed by atoms with Crippen LogP contribution in [-0.4, -0.2) is 29.0 Å². The first-order chi connectivity index (χ1) is 8.29. The van der Waals surface area contributed by atoms with Gasteiger partial charge in [-0.05, 0) is 19.1 Å². The molecule has 7 heteroatoms. The van der Waals surface area contributed by atoms with Gasteiger partial charge in [0.05, 0.1) is 5.25 Å². The lowest BCUT2D eigenvalue weighted by Crippen LogP contribution is -2.37. The number of para-hydroxylation sites is 1. The SMILES string of the molecule is C[C@@H](Sc1ccccc1O)C(=O)NCC(F)(F)F. The van der Waals surface area contributed by atoms with Gasteiger partial charge in [0.25, 0.3) is 0 Å². The Kier molecular flexibility index (Phi) is 4.89. The molecule has 0 unspecified atom stereocenters. The molecular formula is C11H12F3NO2S. The maximum atomic E-state index is 11.9. The van der Waals surface area contributed by atoms with Gasteiger partial charge in [-0.25, -0.2) is 0 Å². The predicted octanol–water partition coefficient (Wildman–Crippen LogP) is 2.55. The molecule has 18 heavy (non-hydrogen) atoms. The molecule has 0 spiro atoms. The maximum absolute atomic E-state index is 11.9. The third-order valence-corrected chi connectivity index (χ3v) is 3.17. The average molecular weight is 279 g/mol. The monoisotopic (exact) mass is 279 g/mol. The summed E-state index contributed by atoms with van der Waals surface area (Å²) >= 11 is 0.999. The normalized spacial score (nSPS) is 13.1. The summed E-state index contributed by atoms with van der Waals surface area (Å²) in [4.78, 5) is 11.8. The van der Waals surface area contributed by atoms with E-state index in [0.29, 0.717) is 4.90 Å². The first-order valence-corrected chi connectivity index (χ1v) is 5.96. The fraction of sp³-hybridized carbons (Fsp3) is 0.364. The molecule has 1 atom stereocenters. The number of carbonyl (C=O) groups excluding carboxylic acids is 1. The predicted molar refractivity (Wildman–Crippen MR) is 62.5 cm³/mol. The third kappa shape index (κ3) is 4.87. The minimum absolute atomic E-state index is 0.00188. The van der Waals surface area contributed by atoms with Gasteiger partial charge in [-0.15, -0.1) is 11.8 Å². The number of nitrogens with one attached hydrogen (secondary N) is 1. The lowest BCUT2D eigenvalue weighted by molar-refractivity contribution is -0.137. The number of carbonyl (C=O) groups is 1. The molecule has 0 heterocycles. The van der Waals surface area contributed by atoms with Gasteiger partial charge in [-0.2, -0.15) is 13.2 Å². The first-order valence-electron chi connectivity index (χ1n) is 5.08. The average Bonchev–Trinajstić information content (AvgIpc) is 2.28. The van der Waals surface area contributed by atoms with Crippen LogP contribution in [-0.2, 0) is 4.79 Å². The van der Waals surface area contributed by atoms with Crippen LogP contribution in [0.2, 0.25) is 0 Å². The molecule has 0 fully saturated rings. The van der Waals surface area contributed by atoms with E-state index in [2.05, 4.69) is 0 Å². The fourth-order valence-electron chi connectivity index (χ4n) is 1.13. The summed E-state index contributed by atoms with van der Waals surface area (Å²) in [5.74, 6) is -0.724. The molecule has 3 nitrogen and oxygen atoms in total. The van der Waals surface area contributed by atoms with Gasteiger partial charge >= 0.3 is 6.18 Å². The van der Waals surface area contributed by atoms with E-state index >= 15 is 0 Å². The zero-order chi connectivity index (χ0) is 13.8. The molecule has 0 saturated carbocycles. The molecule has 1 aromatic rings. The lowest BCUT2D eigenvalue weighted by Gasteiger charge is -2.13. The number of alkyl halides is 3. The number of amides is 1. The van der Waals surface area contributed by atoms with Crippen LogP contribution in [0.15, 0.2) is 29.2 Å². The molecule has 0 aromatic heterocycles. The van der Waals surface area contributed by atoms with E-state index in [1.54, 1.807) is 23.5 Å². The lowest BCUT2D eigenvalue weighted by atomic mass is 10.3. The van der Waals surface area contributed by atoms with Crippen molar-refractivity contribution in [2.24, 2.45) is 0 Å². The van der Waals surface area contributed by atoms with Gasteiger partial charge in [-0.1, -0.05) is 12.1 Å². The van der Waals surface area contributed by atoms with Crippen molar-refractivity contribution in [3.63, 3.8) is 0 Å². The molecule has 0 saturated heterocycles. The van der Waals surface area contributed by atoms with Crippen molar-refractivity contribution < 1.29 is 23.1 Å². The highest BCUT2D eigenvalue weighted by Gasteiger charge is 2.28. The van der Waals surface area contributed by atoms with Crippen molar-refractivity contribution in [3.8, 4) is 5.75 Å². The smallest absolute Gasteiger partial charge is 0.405 e. The zero-order valence-electron chi connectivity index (χ0n) is 9.49. The Labute approximate surface area is 106 Å². The summed E-state index contributed by atoms with van der Waals surface area (Å²) in [6.07, 6.45) is -4.42. The number of phenolic OH excluding ortho intramolecular Hbond substituents is 1. The van der Waals surface area contributed by atoms with Crippen LogP contribution in [0.25, 0.3) is 0 Å². The summed E-state index contributed by atoms with van der Waals surface area (Å²) in [7, 11) is 0. The van der Waals surface area contributed by atoms with Crippen LogP contribution in [0, 0.1) is 0 Å². The molecule has 0 aliphatic heterocycles. The van der Waals surface area contributed by atoms with Gasteiger partial charge < -0.3 is 10.4 Å². The van der Waals surface area contributed by atoms with Gasteiger partial charge in [0, 0.05) is 4.90 Å². The number of benzene rings is 1. The molecule has 0 aliphatic carbocycles. The van der Waals surface area contributed by atoms with Crippen LogP contribution in [0.3, 0.4) is 0 Å². The van der Waals surface area contributed by atoms with Gasteiger partial charge in [0.2, 0.25) is 5.91 Å². The van der Waals surface area contributed by atoms with E-state index in [1.165, 1.54) is 13.0 Å². The van der Waals surface area contributed by atoms with E-state index in [4.69, 9.17) is 0 Å². The Hall–Kier alpha value is -1.37. The summed E-state index contributed by atoms with van der Waals surface area (Å²) in [5.41, 5.74) is 0. The highest BCUT2D eigenvalue weighted by molar-refractivity contribution is 8.00. The highest BCUT2D eigenvalue weighted by Crippen LogP contribution is 2.31. The number of phenols is 1. The second-order valence-electron chi connectivity index (χ2n) is 3.56. The summed E-state index contributed by atoms with van der Waals surface area (Å²) in [6, 6.07) is 6.33. The summed E-state index contributed by atoms with van der Waals surface area (Å²) < 4.78 is 35.7. The minimum Gasteiger partial charge on any atom is -0.507 e. The van der Waals surface area contributed by atoms with Crippen LogP contribution < -0.4 is 5.32 Å². The standard InChI is InChI=1S/C11H12F3NO2S/c1-7(10(17)15-6-11(12,13)14)18-9-5-3-2-4-8(9)16/h2-5,7,16H,6H2,1H3,(H,15,17)/t7-/m1/s1. The Morgan fingerprint density at radius 3 is 2.61 bits per heavy atom. The highest BCUT2D eigenvalue weighted by atomic mass is 32.2. The number of rotatable bonds is 4. The Balaban J connectivity index is 2.53. The number of hydrogen-bond donors (Lipinski definition) is 2. The van der Waals surface area contributed by atoms with E-state index in [1.807, 2.05) is 0 Å². The number of hydrogen-bond acceptors (Lipinski definition) is 3. The molecule has 100 valence electrons. The van der Waals surface area contributed by atoms with E-state index < -0.39 is 23.9 Å². The number of halogens is 3. The summed E-state index contributed by atoms with van der Waals surface area (Å²) in [6.45, 7) is 0.125. The Bertz CT molecular complexity index is 423. The summed E-state index contributed by atoms with van der Waals surface area (Å²) in [5, 5.41) is 10.5. The van der Waals surface area contributed by atoms with Crippen molar-refractivity contribution >= 4 is 17.7 Å². The molecule has 0 radical (unpaired) electrons.